The maximum Gasteiger partial charge on any atom is 0.159 e. The summed E-state index contributed by atoms with van der Waals surface area (Å²) < 4.78 is 6.58. The van der Waals surface area contributed by atoms with E-state index in [1.54, 1.807) is 0 Å². The monoisotopic (exact) mass is 366 g/mol. The zero-order chi connectivity index (χ0) is 12.4. The van der Waals surface area contributed by atoms with Crippen molar-refractivity contribution < 1.29 is 4.74 Å². The Hall–Kier alpha value is 0.0600. The van der Waals surface area contributed by atoms with Crippen LogP contribution in [0.4, 0.5) is 0 Å². The van der Waals surface area contributed by atoms with E-state index in [2.05, 4.69) is 46.4 Å². The summed E-state index contributed by atoms with van der Waals surface area (Å²) in [6.07, 6.45) is 3.05. The summed E-state index contributed by atoms with van der Waals surface area (Å²) in [4.78, 5) is 8.97. The van der Waals surface area contributed by atoms with Crippen molar-refractivity contribution in [3.63, 3.8) is 0 Å². The van der Waals surface area contributed by atoms with Crippen molar-refractivity contribution in [2.75, 3.05) is 6.61 Å². The summed E-state index contributed by atoms with van der Waals surface area (Å²) in [6, 6.07) is 0. The van der Waals surface area contributed by atoms with Crippen LogP contribution in [-0.2, 0) is 11.2 Å². The van der Waals surface area contributed by atoms with Crippen LogP contribution >= 0.6 is 34.2 Å². The first-order valence-electron chi connectivity index (χ1n) is 5.91. The Labute approximate surface area is 120 Å². The van der Waals surface area contributed by atoms with Gasteiger partial charge in [-0.15, -0.1) is 0 Å². The largest absolute Gasteiger partial charge is 0.370 e. The van der Waals surface area contributed by atoms with Crippen LogP contribution in [0.3, 0.4) is 0 Å². The van der Waals surface area contributed by atoms with Crippen molar-refractivity contribution in [1.29, 1.82) is 0 Å². The standard InChI is InChI=1S/C12H16ClIN2O/c1-7(2)6-8-10(14)11(13)16-12(15-8)9-4-3-5-17-9/h7,9H,3-6H2,1-2H3. The molecule has 2 rings (SSSR count). The average molecular weight is 367 g/mol. The van der Waals surface area contributed by atoms with Gasteiger partial charge in [-0.2, -0.15) is 0 Å². The van der Waals surface area contributed by atoms with Crippen molar-refractivity contribution in [2.24, 2.45) is 5.92 Å². The van der Waals surface area contributed by atoms with Gasteiger partial charge in [-0.25, -0.2) is 9.97 Å². The highest BCUT2D eigenvalue weighted by Crippen LogP contribution is 2.29. The minimum Gasteiger partial charge on any atom is -0.370 e. The Morgan fingerprint density at radius 3 is 2.82 bits per heavy atom. The molecule has 2 heterocycles. The zero-order valence-corrected chi connectivity index (χ0v) is 13.0. The zero-order valence-electron chi connectivity index (χ0n) is 10.0. The molecule has 0 radical (unpaired) electrons. The molecule has 0 aliphatic carbocycles. The van der Waals surface area contributed by atoms with Gasteiger partial charge >= 0.3 is 0 Å². The lowest BCUT2D eigenvalue weighted by Gasteiger charge is -2.13. The maximum atomic E-state index is 6.17. The molecule has 1 fully saturated rings. The van der Waals surface area contributed by atoms with Crippen LogP contribution in [0.15, 0.2) is 0 Å². The number of hydrogen-bond donors (Lipinski definition) is 0. The predicted molar refractivity (Wildman–Crippen MR) is 76.2 cm³/mol. The smallest absolute Gasteiger partial charge is 0.159 e. The van der Waals surface area contributed by atoms with E-state index in [1.165, 1.54) is 0 Å². The summed E-state index contributed by atoms with van der Waals surface area (Å²) >= 11 is 8.39. The molecule has 0 amide bonds. The highest BCUT2D eigenvalue weighted by molar-refractivity contribution is 14.1. The maximum absolute atomic E-state index is 6.17. The fraction of sp³-hybridized carbons (Fsp3) is 0.667. The third-order valence-corrected chi connectivity index (χ3v) is 4.44. The highest BCUT2D eigenvalue weighted by Gasteiger charge is 2.23. The van der Waals surface area contributed by atoms with Gasteiger partial charge in [-0.3, -0.25) is 0 Å². The molecule has 1 atom stereocenters. The minimum absolute atomic E-state index is 0.0374. The molecule has 1 saturated heterocycles. The van der Waals surface area contributed by atoms with Crippen LogP contribution < -0.4 is 0 Å². The van der Waals surface area contributed by atoms with Crippen molar-refractivity contribution in [2.45, 2.75) is 39.2 Å². The van der Waals surface area contributed by atoms with Crippen molar-refractivity contribution in [3.8, 4) is 0 Å². The molecule has 5 heteroatoms. The quantitative estimate of drug-likeness (QED) is 0.603. The van der Waals surface area contributed by atoms with E-state index in [0.717, 1.165) is 41.0 Å². The molecule has 17 heavy (non-hydrogen) atoms. The van der Waals surface area contributed by atoms with Gasteiger partial charge in [0.15, 0.2) is 5.82 Å². The number of ether oxygens (including phenoxy) is 1. The van der Waals surface area contributed by atoms with Crippen LogP contribution in [0.25, 0.3) is 0 Å². The molecule has 0 aromatic carbocycles. The lowest BCUT2D eigenvalue weighted by molar-refractivity contribution is 0.105. The Balaban J connectivity index is 2.31. The normalized spacial score (nSPS) is 20.2. The van der Waals surface area contributed by atoms with Crippen LogP contribution in [-0.4, -0.2) is 16.6 Å². The summed E-state index contributed by atoms with van der Waals surface area (Å²) in [7, 11) is 0. The number of halogens is 2. The Morgan fingerprint density at radius 1 is 1.47 bits per heavy atom. The molecule has 0 saturated carbocycles. The molecule has 3 nitrogen and oxygen atoms in total. The third kappa shape index (κ3) is 3.29. The first kappa shape index (κ1) is 13.5. The molecule has 1 aliphatic heterocycles. The fourth-order valence-electron chi connectivity index (χ4n) is 1.93. The second-order valence-corrected chi connectivity index (χ2v) is 6.17. The van der Waals surface area contributed by atoms with E-state index in [4.69, 9.17) is 16.3 Å². The number of rotatable bonds is 3. The van der Waals surface area contributed by atoms with E-state index in [0.29, 0.717) is 11.1 Å². The van der Waals surface area contributed by atoms with Gasteiger partial charge in [-0.05, 0) is 47.8 Å². The molecule has 1 unspecified atom stereocenters. The van der Waals surface area contributed by atoms with Gasteiger partial charge in [0, 0.05) is 6.61 Å². The van der Waals surface area contributed by atoms with Crippen LogP contribution in [0.1, 0.15) is 44.3 Å². The number of hydrogen-bond acceptors (Lipinski definition) is 3. The fourth-order valence-corrected chi connectivity index (χ4v) is 2.59. The third-order valence-electron chi connectivity index (χ3n) is 2.72. The van der Waals surface area contributed by atoms with Gasteiger partial charge in [0.1, 0.15) is 11.3 Å². The second-order valence-electron chi connectivity index (χ2n) is 4.73. The first-order valence-corrected chi connectivity index (χ1v) is 7.37. The summed E-state index contributed by atoms with van der Waals surface area (Å²) in [5, 5.41) is 0.557. The van der Waals surface area contributed by atoms with Gasteiger partial charge in [0.05, 0.1) is 9.26 Å². The minimum atomic E-state index is 0.0374. The van der Waals surface area contributed by atoms with Crippen molar-refractivity contribution >= 4 is 34.2 Å². The Kier molecular flexibility index (Phi) is 4.60. The van der Waals surface area contributed by atoms with Crippen molar-refractivity contribution in [1.82, 2.24) is 9.97 Å². The van der Waals surface area contributed by atoms with Gasteiger partial charge < -0.3 is 4.74 Å². The van der Waals surface area contributed by atoms with Crippen molar-refractivity contribution in [3.05, 3.63) is 20.2 Å². The van der Waals surface area contributed by atoms with Crippen LogP contribution in [0, 0.1) is 9.49 Å². The molecule has 1 aromatic rings. The number of aromatic nitrogens is 2. The van der Waals surface area contributed by atoms with Gasteiger partial charge in [0.25, 0.3) is 0 Å². The van der Waals surface area contributed by atoms with Crippen LogP contribution in [0.5, 0.6) is 0 Å². The first-order chi connectivity index (χ1) is 8.08. The second kappa shape index (κ2) is 5.80. The molecule has 94 valence electrons. The topological polar surface area (TPSA) is 35.0 Å². The molecular formula is C12H16ClIN2O. The highest BCUT2D eigenvalue weighted by atomic mass is 127. The molecule has 0 N–H and O–H groups in total. The molecular weight excluding hydrogens is 351 g/mol. The SMILES string of the molecule is CC(C)Cc1nc(C2CCCO2)nc(Cl)c1I. The Bertz CT molecular complexity index is 406. The summed E-state index contributed by atoms with van der Waals surface area (Å²) in [5.74, 6) is 1.32. The van der Waals surface area contributed by atoms with E-state index in [9.17, 15) is 0 Å². The van der Waals surface area contributed by atoms with E-state index in [1.807, 2.05) is 0 Å². The lowest BCUT2D eigenvalue weighted by atomic mass is 10.1. The molecule has 1 aliphatic rings. The van der Waals surface area contributed by atoms with Gasteiger partial charge in [0.2, 0.25) is 0 Å². The number of nitrogens with zero attached hydrogens (tertiary/aromatic N) is 2. The molecule has 0 spiro atoms. The summed E-state index contributed by atoms with van der Waals surface area (Å²) in [5.41, 5.74) is 1.05. The van der Waals surface area contributed by atoms with E-state index >= 15 is 0 Å². The van der Waals surface area contributed by atoms with Crippen LogP contribution in [0.2, 0.25) is 5.15 Å². The van der Waals surface area contributed by atoms with E-state index in [-0.39, 0.29) is 6.10 Å². The molecule has 1 aromatic heterocycles. The average Bonchev–Trinajstić information content (AvgIpc) is 2.77. The summed E-state index contributed by atoms with van der Waals surface area (Å²) in [6.45, 7) is 5.16. The molecule has 0 bridgehead atoms. The predicted octanol–water partition coefficient (Wildman–Crippen LogP) is 3.78. The van der Waals surface area contributed by atoms with Gasteiger partial charge in [-0.1, -0.05) is 25.4 Å². The Morgan fingerprint density at radius 2 is 2.24 bits per heavy atom. The van der Waals surface area contributed by atoms with E-state index < -0.39 is 0 Å². The lowest BCUT2D eigenvalue weighted by Crippen LogP contribution is -2.09.